The van der Waals surface area contributed by atoms with Gasteiger partial charge in [0, 0.05) is 34.5 Å². The van der Waals surface area contributed by atoms with Crippen LogP contribution in [0.1, 0.15) is 21.9 Å². The highest BCUT2D eigenvalue weighted by Crippen LogP contribution is 2.37. The number of ether oxygens (including phenoxy) is 2. The Balaban J connectivity index is 1.34. The van der Waals surface area contributed by atoms with E-state index in [1.54, 1.807) is 39.5 Å². The van der Waals surface area contributed by atoms with Gasteiger partial charge in [0.25, 0.3) is 0 Å². The molecular formula is C23H22N2O5S. The number of rotatable bonds is 6. The van der Waals surface area contributed by atoms with Crippen molar-refractivity contribution >= 4 is 28.8 Å². The molecule has 1 aromatic carbocycles. The zero-order valence-electron chi connectivity index (χ0n) is 17.1. The molecule has 0 N–H and O–H groups in total. The van der Waals surface area contributed by atoms with Crippen LogP contribution in [0, 0.1) is 12.8 Å². The first-order valence-electron chi connectivity index (χ1n) is 10.1. The highest BCUT2D eigenvalue weighted by atomic mass is 32.1. The molecule has 2 aromatic heterocycles. The second kappa shape index (κ2) is 8.11. The molecule has 2 aliphatic heterocycles. The Labute approximate surface area is 183 Å². The first-order chi connectivity index (χ1) is 15.1. The van der Waals surface area contributed by atoms with Crippen molar-refractivity contribution in [2.45, 2.75) is 26.4 Å². The minimum Gasteiger partial charge on any atom is -0.467 e. The van der Waals surface area contributed by atoms with Crippen LogP contribution in [0.25, 0.3) is 0 Å². The minimum absolute atomic E-state index is 0.0425. The van der Waals surface area contributed by atoms with Crippen molar-refractivity contribution in [3.63, 3.8) is 0 Å². The van der Waals surface area contributed by atoms with E-state index in [2.05, 4.69) is 6.07 Å². The van der Waals surface area contributed by atoms with E-state index in [9.17, 15) is 9.59 Å². The molecule has 1 unspecified atom stereocenters. The van der Waals surface area contributed by atoms with Gasteiger partial charge in [-0.1, -0.05) is 0 Å². The second-order valence-corrected chi connectivity index (χ2v) is 9.10. The van der Waals surface area contributed by atoms with Gasteiger partial charge < -0.3 is 23.7 Å². The van der Waals surface area contributed by atoms with E-state index >= 15 is 0 Å². The van der Waals surface area contributed by atoms with Crippen LogP contribution < -0.4 is 14.4 Å². The van der Waals surface area contributed by atoms with E-state index < -0.39 is 5.92 Å². The normalized spacial score (nSPS) is 17.4. The number of nitrogens with zero attached hydrogens (tertiary/aromatic N) is 2. The van der Waals surface area contributed by atoms with E-state index in [-0.39, 0.29) is 25.0 Å². The predicted molar refractivity (Wildman–Crippen MR) is 115 cm³/mol. The summed E-state index contributed by atoms with van der Waals surface area (Å²) in [6.45, 7) is 3.43. The molecule has 0 saturated carbocycles. The Bertz CT molecular complexity index is 1110. The summed E-state index contributed by atoms with van der Waals surface area (Å²) in [7, 11) is 0. The average Bonchev–Trinajstić information content (AvgIpc) is 3.54. The summed E-state index contributed by atoms with van der Waals surface area (Å²) in [5.74, 6) is 1.49. The monoisotopic (exact) mass is 438 g/mol. The maximum atomic E-state index is 13.5. The number of carbonyl (C=O) groups is 2. The third-order valence-corrected chi connectivity index (χ3v) is 6.51. The van der Waals surface area contributed by atoms with Crippen molar-refractivity contribution in [1.82, 2.24) is 4.90 Å². The van der Waals surface area contributed by atoms with Crippen molar-refractivity contribution in [2.75, 3.05) is 18.2 Å². The molecule has 4 heterocycles. The summed E-state index contributed by atoms with van der Waals surface area (Å²) in [4.78, 5) is 32.0. The van der Waals surface area contributed by atoms with E-state index in [1.807, 2.05) is 31.2 Å². The molecular weight excluding hydrogens is 416 g/mol. The summed E-state index contributed by atoms with van der Waals surface area (Å²) in [5.41, 5.74) is 0.719. The van der Waals surface area contributed by atoms with Crippen molar-refractivity contribution in [2.24, 2.45) is 5.92 Å². The van der Waals surface area contributed by atoms with Gasteiger partial charge in [-0.2, -0.15) is 0 Å². The molecule has 5 rings (SSSR count). The maximum Gasteiger partial charge on any atom is 0.231 e. The number of thiophene rings is 1. The van der Waals surface area contributed by atoms with E-state index in [4.69, 9.17) is 13.9 Å². The molecule has 2 amide bonds. The van der Waals surface area contributed by atoms with Crippen LogP contribution in [-0.4, -0.2) is 30.1 Å². The molecule has 1 fully saturated rings. The van der Waals surface area contributed by atoms with Crippen LogP contribution in [0.3, 0.4) is 0 Å². The second-order valence-electron chi connectivity index (χ2n) is 7.73. The molecule has 0 aliphatic carbocycles. The zero-order chi connectivity index (χ0) is 21.4. The summed E-state index contributed by atoms with van der Waals surface area (Å²) in [6, 6.07) is 13.2. The molecule has 0 bridgehead atoms. The lowest BCUT2D eigenvalue weighted by Gasteiger charge is -2.24. The predicted octanol–water partition coefficient (Wildman–Crippen LogP) is 3.96. The number of carbonyl (C=O) groups excluding carboxylic acids is 2. The van der Waals surface area contributed by atoms with Crippen LogP contribution in [0.4, 0.5) is 5.69 Å². The Morgan fingerprint density at radius 1 is 1.16 bits per heavy atom. The fourth-order valence-corrected chi connectivity index (χ4v) is 4.90. The first-order valence-corrected chi connectivity index (χ1v) is 10.9. The lowest BCUT2D eigenvalue weighted by Crippen LogP contribution is -2.36. The topological polar surface area (TPSA) is 72.2 Å². The van der Waals surface area contributed by atoms with E-state index in [1.165, 1.54) is 4.88 Å². The summed E-state index contributed by atoms with van der Waals surface area (Å²) < 4.78 is 16.3. The van der Waals surface area contributed by atoms with Crippen molar-refractivity contribution in [3.8, 4) is 11.5 Å². The average molecular weight is 439 g/mol. The maximum absolute atomic E-state index is 13.5. The van der Waals surface area contributed by atoms with Gasteiger partial charge in [-0.25, -0.2) is 0 Å². The zero-order valence-corrected chi connectivity index (χ0v) is 17.9. The third-order valence-electron chi connectivity index (χ3n) is 5.52. The molecule has 2 aliphatic rings. The highest BCUT2D eigenvalue weighted by Gasteiger charge is 2.38. The number of fused-ring (bicyclic) bond motifs is 1. The Morgan fingerprint density at radius 3 is 2.81 bits per heavy atom. The Hall–Kier alpha value is -3.26. The first kappa shape index (κ1) is 19.7. The van der Waals surface area contributed by atoms with Gasteiger partial charge in [-0.15, -0.1) is 11.3 Å². The van der Waals surface area contributed by atoms with Crippen LogP contribution in [-0.2, 0) is 22.7 Å². The summed E-state index contributed by atoms with van der Waals surface area (Å²) in [5, 5.41) is 0. The summed E-state index contributed by atoms with van der Waals surface area (Å²) >= 11 is 1.67. The number of furan rings is 1. The SMILES string of the molecule is Cc1ccc(CN(Cc2ccco2)C(=O)C2CC(=O)N(c3ccc4c(c3)OCO4)C2)s1. The Morgan fingerprint density at radius 2 is 2.03 bits per heavy atom. The quantitative estimate of drug-likeness (QED) is 0.583. The molecule has 8 heteroatoms. The van der Waals surface area contributed by atoms with Crippen molar-refractivity contribution < 1.29 is 23.5 Å². The van der Waals surface area contributed by atoms with Crippen molar-refractivity contribution in [1.29, 1.82) is 0 Å². The van der Waals surface area contributed by atoms with Gasteiger partial charge in [0.1, 0.15) is 5.76 Å². The Kier molecular flexibility index (Phi) is 5.15. The molecule has 31 heavy (non-hydrogen) atoms. The van der Waals surface area contributed by atoms with Gasteiger partial charge in [-0.05, 0) is 43.3 Å². The third kappa shape index (κ3) is 4.03. The largest absolute Gasteiger partial charge is 0.467 e. The number of amides is 2. The minimum atomic E-state index is -0.408. The number of benzene rings is 1. The van der Waals surface area contributed by atoms with Crippen LogP contribution in [0.2, 0.25) is 0 Å². The van der Waals surface area contributed by atoms with E-state index in [0.29, 0.717) is 31.1 Å². The van der Waals surface area contributed by atoms with Crippen LogP contribution in [0.5, 0.6) is 11.5 Å². The molecule has 0 spiro atoms. The van der Waals surface area contributed by atoms with Crippen LogP contribution >= 0.6 is 11.3 Å². The van der Waals surface area contributed by atoms with Crippen molar-refractivity contribution in [3.05, 3.63) is 64.2 Å². The highest BCUT2D eigenvalue weighted by molar-refractivity contribution is 7.11. The molecule has 0 radical (unpaired) electrons. The van der Waals surface area contributed by atoms with Gasteiger partial charge in [0.2, 0.25) is 18.6 Å². The molecule has 7 nitrogen and oxygen atoms in total. The van der Waals surface area contributed by atoms with Crippen LogP contribution in [0.15, 0.2) is 53.1 Å². The van der Waals surface area contributed by atoms with E-state index in [0.717, 1.165) is 16.3 Å². The number of hydrogen-bond donors (Lipinski definition) is 0. The number of hydrogen-bond acceptors (Lipinski definition) is 6. The summed E-state index contributed by atoms with van der Waals surface area (Å²) in [6.07, 6.45) is 1.79. The smallest absolute Gasteiger partial charge is 0.231 e. The fourth-order valence-electron chi connectivity index (χ4n) is 3.99. The van der Waals surface area contributed by atoms with Gasteiger partial charge >= 0.3 is 0 Å². The fraction of sp³-hybridized carbons (Fsp3) is 0.304. The van der Waals surface area contributed by atoms with Gasteiger partial charge in [0.15, 0.2) is 11.5 Å². The van der Waals surface area contributed by atoms with Gasteiger partial charge in [0.05, 0.1) is 25.3 Å². The molecule has 1 atom stereocenters. The molecule has 3 aromatic rings. The van der Waals surface area contributed by atoms with Gasteiger partial charge in [-0.3, -0.25) is 9.59 Å². The lowest BCUT2D eigenvalue weighted by atomic mass is 10.1. The number of aryl methyl sites for hydroxylation is 1. The molecule has 160 valence electrons. The lowest BCUT2D eigenvalue weighted by molar-refractivity contribution is -0.137. The number of anilines is 1. The standard InChI is InChI=1S/C23H22N2O5S/c1-15-4-6-19(31-15)13-24(12-18-3-2-8-28-18)23(27)16-9-22(26)25(11-16)17-5-7-20-21(10-17)30-14-29-20/h2-8,10,16H,9,11-14H2,1H3. The molecule has 1 saturated heterocycles.